The third-order valence-corrected chi connectivity index (χ3v) is 6.40. The van der Waals surface area contributed by atoms with Gasteiger partial charge in [0.2, 0.25) is 10.0 Å². The molecule has 0 spiro atoms. The Kier molecular flexibility index (Phi) is 6.49. The molecule has 0 heterocycles. The van der Waals surface area contributed by atoms with Crippen molar-refractivity contribution in [2.45, 2.75) is 25.9 Å². The second kappa shape index (κ2) is 8.86. The Morgan fingerprint density at radius 2 is 1.86 bits per heavy atom. The predicted molar refractivity (Wildman–Crippen MR) is 110 cm³/mol. The smallest absolute Gasteiger partial charge is 0.232 e. The Morgan fingerprint density at radius 3 is 2.57 bits per heavy atom. The van der Waals surface area contributed by atoms with Gasteiger partial charge in [-0.2, -0.15) is 0 Å². The predicted octanol–water partition coefficient (Wildman–Crippen LogP) is 2.52. The Hall–Kier alpha value is -2.22. The normalized spacial score (nSPS) is 17.8. The SMILES string of the molecule is CCS(=O)(=O)Nc1ccc(C(O)CNCC2CCc3ccccc3C2=O)cc1. The third-order valence-electron chi connectivity index (χ3n) is 5.09. The van der Waals surface area contributed by atoms with Crippen LogP contribution in [0.3, 0.4) is 0 Å². The molecule has 3 N–H and O–H groups in total. The van der Waals surface area contributed by atoms with Crippen molar-refractivity contribution in [3.8, 4) is 0 Å². The van der Waals surface area contributed by atoms with Gasteiger partial charge in [-0.1, -0.05) is 36.4 Å². The first-order valence-electron chi connectivity index (χ1n) is 9.51. The molecule has 2 atom stereocenters. The summed E-state index contributed by atoms with van der Waals surface area (Å²) < 4.78 is 25.6. The number of rotatable bonds is 8. The fourth-order valence-electron chi connectivity index (χ4n) is 3.39. The summed E-state index contributed by atoms with van der Waals surface area (Å²) >= 11 is 0. The van der Waals surface area contributed by atoms with Crippen molar-refractivity contribution in [3.05, 3.63) is 65.2 Å². The number of carbonyl (C=O) groups is 1. The summed E-state index contributed by atoms with van der Waals surface area (Å²) in [5, 5.41) is 13.6. The van der Waals surface area contributed by atoms with Gasteiger partial charge in [0.25, 0.3) is 0 Å². The van der Waals surface area contributed by atoms with Crippen LogP contribution in [0.4, 0.5) is 5.69 Å². The number of hydrogen-bond acceptors (Lipinski definition) is 5. The van der Waals surface area contributed by atoms with Crippen molar-refractivity contribution in [1.82, 2.24) is 5.32 Å². The van der Waals surface area contributed by atoms with Crippen LogP contribution in [0.1, 0.15) is 40.9 Å². The first kappa shape index (κ1) is 20.5. The standard InChI is InChI=1S/C21H26N2O4S/c1-2-28(26,27)23-18-11-9-16(10-12-18)20(24)14-22-13-17-8-7-15-5-3-4-6-19(15)21(17)25/h3-6,9-12,17,20,22-24H,2,7-8,13-14H2,1H3. The van der Waals surface area contributed by atoms with E-state index in [9.17, 15) is 18.3 Å². The van der Waals surface area contributed by atoms with Crippen LogP contribution in [0.15, 0.2) is 48.5 Å². The fourth-order valence-corrected chi connectivity index (χ4v) is 4.03. The van der Waals surface area contributed by atoms with Crippen molar-refractivity contribution >= 4 is 21.5 Å². The van der Waals surface area contributed by atoms with Crippen LogP contribution < -0.4 is 10.0 Å². The van der Waals surface area contributed by atoms with Gasteiger partial charge in [-0.15, -0.1) is 0 Å². The molecule has 2 unspecified atom stereocenters. The molecule has 0 aromatic heterocycles. The summed E-state index contributed by atoms with van der Waals surface area (Å²) in [4.78, 5) is 12.6. The van der Waals surface area contributed by atoms with Gasteiger partial charge < -0.3 is 10.4 Å². The van der Waals surface area contributed by atoms with Gasteiger partial charge in [-0.25, -0.2) is 8.42 Å². The van der Waals surface area contributed by atoms with E-state index < -0.39 is 16.1 Å². The van der Waals surface area contributed by atoms with E-state index in [1.165, 1.54) is 0 Å². The van der Waals surface area contributed by atoms with Gasteiger partial charge >= 0.3 is 0 Å². The van der Waals surface area contributed by atoms with E-state index in [1.807, 2.05) is 24.3 Å². The van der Waals surface area contributed by atoms with E-state index in [1.54, 1.807) is 31.2 Å². The lowest BCUT2D eigenvalue weighted by Crippen LogP contribution is -2.34. The molecule has 1 aliphatic rings. The lowest BCUT2D eigenvalue weighted by atomic mass is 9.83. The number of sulfonamides is 1. The van der Waals surface area contributed by atoms with Crippen LogP contribution in [-0.2, 0) is 16.4 Å². The van der Waals surface area contributed by atoms with E-state index in [2.05, 4.69) is 10.0 Å². The van der Waals surface area contributed by atoms with Gasteiger partial charge in [0.1, 0.15) is 0 Å². The lowest BCUT2D eigenvalue weighted by Gasteiger charge is -2.24. The largest absolute Gasteiger partial charge is 0.387 e. The van der Waals surface area contributed by atoms with E-state index in [4.69, 9.17) is 0 Å². The first-order chi connectivity index (χ1) is 13.4. The van der Waals surface area contributed by atoms with Gasteiger partial charge in [0, 0.05) is 30.3 Å². The van der Waals surface area contributed by atoms with E-state index in [0.29, 0.717) is 24.3 Å². The molecular weight excluding hydrogens is 376 g/mol. The first-order valence-corrected chi connectivity index (χ1v) is 11.2. The number of aliphatic hydroxyl groups is 1. The van der Waals surface area contributed by atoms with Crippen molar-refractivity contribution in [3.63, 3.8) is 0 Å². The van der Waals surface area contributed by atoms with Crippen molar-refractivity contribution in [2.24, 2.45) is 5.92 Å². The average Bonchev–Trinajstić information content (AvgIpc) is 2.70. The minimum absolute atomic E-state index is 0.00561. The monoisotopic (exact) mass is 402 g/mol. The Bertz CT molecular complexity index is 926. The number of Topliss-reactive ketones (excluding diaryl/α,β-unsaturated/α-hetero) is 1. The maximum Gasteiger partial charge on any atom is 0.232 e. The Balaban J connectivity index is 1.51. The number of anilines is 1. The van der Waals surface area contributed by atoms with Crippen LogP contribution in [0.25, 0.3) is 0 Å². The molecule has 6 nitrogen and oxygen atoms in total. The summed E-state index contributed by atoms with van der Waals surface area (Å²) in [5.74, 6) is 0.0930. The van der Waals surface area contributed by atoms with Crippen LogP contribution in [0.5, 0.6) is 0 Å². The molecule has 150 valence electrons. The van der Waals surface area contributed by atoms with Gasteiger partial charge in [-0.05, 0) is 43.0 Å². The highest BCUT2D eigenvalue weighted by atomic mass is 32.2. The molecule has 2 aromatic carbocycles. The number of nitrogens with one attached hydrogen (secondary N) is 2. The minimum Gasteiger partial charge on any atom is -0.387 e. The molecule has 7 heteroatoms. The molecule has 0 saturated carbocycles. The molecule has 28 heavy (non-hydrogen) atoms. The maximum absolute atomic E-state index is 12.6. The van der Waals surface area contributed by atoms with E-state index >= 15 is 0 Å². The van der Waals surface area contributed by atoms with Gasteiger partial charge in [0.15, 0.2) is 5.78 Å². The summed E-state index contributed by atoms with van der Waals surface area (Å²) in [6.07, 6.45) is 0.972. The molecular formula is C21H26N2O4S. The molecule has 1 aliphatic carbocycles. The van der Waals surface area contributed by atoms with Crippen molar-refractivity contribution in [2.75, 3.05) is 23.6 Å². The summed E-state index contributed by atoms with van der Waals surface area (Å²) in [6.45, 7) is 2.42. The molecule has 0 bridgehead atoms. The van der Waals surface area contributed by atoms with Crippen LogP contribution in [0, 0.1) is 5.92 Å². The quantitative estimate of drug-likeness (QED) is 0.631. The number of ketones is 1. The number of benzene rings is 2. The second-order valence-electron chi connectivity index (χ2n) is 7.06. The minimum atomic E-state index is -3.32. The second-order valence-corrected chi connectivity index (χ2v) is 9.07. The van der Waals surface area contributed by atoms with Gasteiger partial charge in [-0.3, -0.25) is 9.52 Å². The molecule has 0 radical (unpaired) electrons. The molecule has 3 rings (SSSR count). The number of aryl methyl sites for hydroxylation is 1. The van der Waals surface area contributed by atoms with E-state index in [-0.39, 0.29) is 17.5 Å². The number of carbonyl (C=O) groups excluding carboxylic acids is 1. The topological polar surface area (TPSA) is 95.5 Å². The summed E-state index contributed by atoms with van der Waals surface area (Å²) in [5.41, 5.74) is 3.08. The fraction of sp³-hybridized carbons (Fsp3) is 0.381. The zero-order chi connectivity index (χ0) is 20.1. The number of aliphatic hydroxyl groups excluding tert-OH is 1. The Labute approximate surface area is 166 Å². The van der Waals surface area contributed by atoms with Gasteiger partial charge in [0.05, 0.1) is 11.9 Å². The average molecular weight is 403 g/mol. The van der Waals surface area contributed by atoms with Crippen molar-refractivity contribution < 1.29 is 18.3 Å². The van der Waals surface area contributed by atoms with Crippen LogP contribution in [0.2, 0.25) is 0 Å². The van der Waals surface area contributed by atoms with E-state index in [0.717, 1.165) is 24.0 Å². The molecule has 0 amide bonds. The van der Waals surface area contributed by atoms with Crippen molar-refractivity contribution in [1.29, 1.82) is 0 Å². The van der Waals surface area contributed by atoms with Crippen LogP contribution >= 0.6 is 0 Å². The highest BCUT2D eigenvalue weighted by Crippen LogP contribution is 2.25. The molecule has 0 saturated heterocycles. The summed E-state index contributed by atoms with van der Waals surface area (Å²) in [6, 6.07) is 14.4. The summed E-state index contributed by atoms with van der Waals surface area (Å²) in [7, 11) is -3.32. The highest BCUT2D eigenvalue weighted by molar-refractivity contribution is 7.92. The molecule has 0 fully saturated rings. The third kappa shape index (κ3) is 4.98. The maximum atomic E-state index is 12.6. The molecule has 2 aromatic rings. The highest BCUT2D eigenvalue weighted by Gasteiger charge is 2.26. The number of fused-ring (bicyclic) bond motifs is 1. The Morgan fingerprint density at radius 1 is 1.14 bits per heavy atom. The molecule has 0 aliphatic heterocycles. The lowest BCUT2D eigenvalue weighted by molar-refractivity contribution is 0.0895. The zero-order valence-electron chi connectivity index (χ0n) is 15.9. The zero-order valence-corrected chi connectivity index (χ0v) is 16.7. The number of hydrogen-bond donors (Lipinski definition) is 3. The van der Waals surface area contributed by atoms with Crippen LogP contribution in [-0.4, -0.2) is 38.1 Å².